The van der Waals surface area contributed by atoms with Crippen LogP contribution in [0.4, 0.5) is 11.4 Å². The summed E-state index contributed by atoms with van der Waals surface area (Å²) in [5.74, 6) is -0.921. The van der Waals surface area contributed by atoms with Gasteiger partial charge in [0.05, 0.1) is 16.9 Å². The van der Waals surface area contributed by atoms with Crippen LogP contribution < -0.4 is 9.62 Å². The summed E-state index contributed by atoms with van der Waals surface area (Å²) >= 11 is 3.47. The van der Waals surface area contributed by atoms with Crippen molar-refractivity contribution in [3.63, 3.8) is 0 Å². The maximum atomic E-state index is 14.3. The molecule has 1 N–H and O–H groups in total. The van der Waals surface area contributed by atoms with E-state index in [0.717, 1.165) is 57.9 Å². The third kappa shape index (κ3) is 8.64. The lowest BCUT2D eigenvalue weighted by molar-refractivity contribution is -0.384. The Labute approximate surface area is 260 Å². The van der Waals surface area contributed by atoms with E-state index >= 15 is 0 Å². The molecule has 3 aromatic carbocycles. The molecule has 3 aromatic rings. The summed E-state index contributed by atoms with van der Waals surface area (Å²) in [6, 6.07) is 19.6. The van der Waals surface area contributed by atoms with Crippen molar-refractivity contribution in [2.24, 2.45) is 0 Å². The molecule has 2 amide bonds. The van der Waals surface area contributed by atoms with Crippen molar-refractivity contribution in [3.05, 3.63) is 104 Å². The van der Waals surface area contributed by atoms with Crippen LogP contribution in [0.15, 0.2) is 77.3 Å². The van der Waals surface area contributed by atoms with Gasteiger partial charge >= 0.3 is 0 Å². The highest BCUT2D eigenvalue weighted by atomic mass is 79.9. The number of carbonyl (C=O) groups is 2. The Bertz CT molecular complexity index is 1580. The molecule has 4 rings (SSSR count). The fourth-order valence-electron chi connectivity index (χ4n) is 5.33. The first kappa shape index (κ1) is 32.2. The fraction of sp³-hybridized carbons (Fsp3) is 0.355. The lowest BCUT2D eigenvalue weighted by Gasteiger charge is -2.34. The molecule has 0 aliphatic heterocycles. The number of hydrogen-bond donors (Lipinski definition) is 1. The molecule has 1 aliphatic carbocycles. The number of nitrogens with one attached hydrogen (secondary N) is 1. The number of benzene rings is 3. The van der Waals surface area contributed by atoms with Crippen molar-refractivity contribution < 1.29 is 22.9 Å². The number of aryl methyl sites for hydroxylation is 1. The Hall–Kier alpha value is -3.77. The molecule has 0 radical (unpaired) electrons. The van der Waals surface area contributed by atoms with E-state index < -0.39 is 33.4 Å². The predicted octanol–water partition coefficient (Wildman–Crippen LogP) is 5.13. The summed E-state index contributed by atoms with van der Waals surface area (Å²) < 4.78 is 27.8. The topological polar surface area (TPSA) is 130 Å². The van der Waals surface area contributed by atoms with Crippen molar-refractivity contribution in [1.29, 1.82) is 0 Å². The van der Waals surface area contributed by atoms with Crippen molar-refractivity contribution in [1.82, 2.24) is 10.2 Å². The molecule has 1 atom stereocenters. The smallest absolute Gasteiger partial charge is 0.271 e. The Kier molecular flexibility index (Phi) is 10.6. The van der Waals surface area contributed by atoms with Gasteiger partial charge in [0.2, 0.25) is 21.8 Å². The van der Waals surface area contributed by atoms with Crippen LogP contribution >= 0.6 is 15.9 Å². The third-order valence-electron chi connectivity index (χ3n) is 7.57. The Morgan fingerprint density at radius 2 is 1.70 bits per heavy atom. The van der Waals surface area contributed by atoms with Crippen LogP contribution in [0.2, 0.25) is 0 Å². The zero-order chi connectivity index (χ0) is 31.1. The van der Waals surface area contributed by atoms with Gasteiger partial charge in [0.1, 0.15) is 12.6 Å². The number of amides is 2. The van der Waals surface area contributed by atoms with Crippen LogP contribution in [-0.4, -0.2) is 54.9 Å². The average Bonchev–Trinajstić information content (AvgIpc) is 3.47. The standard InChI is InChI=1S/C31H35BrN4O6S/c1-22-15-16-27(36(39)40)19-28(22)35(43(2,41)42)21-30(37)34(20-24-11-8-12-25(32)17-24)29(18-23-9-4-3-5-10-23)31(38)33-26-13-6-7-14-26/h3-5,8-12,15-17,19,26,29H,6-7,13-14,18,20-21H2,1-2H3,(H,33,38). The van der Waals surface area contributed by atoms with Gasteiger partial charge in [0, 0.05) is 35.6 Å². The lowest BCUT2D eigenvalue weighted by atomic mass is 10.0. The van der Waals surface area contributed by atoms with E-state index in [1.165, 1.54) is 17.0 Å². The number of sulfonamides is 1. The summed E-state index contributed by atoms with van der Waals surface area (Å²) in [7, 11) is -4.06. The number of nitrogens with zero attached hydrogens (tertiary/aromatic N) is 3. The molecular weight excluding hydrogens is 636 g/mol. The Balaban J connectivity index is 1.76. The normalized spacial score (nSPS) is 14.2. The highest BCUT2D eigenvalue weighted by Crippen LogP contribution is 2.28. The van der Waals surface area contributed by atoms with Gasteiger partial charge in [-0.3, -0.25) is 24.0 Å². The van der Waals surface area contributed by atoms with E-state index in [9.17, 15) is 28.1 Å². The van der Waals surface area contributed by atoms with Crippen LogP contribution in [-0.2, 0) is 32.6 Å². The minimum absolute atomic E-state index is 0.00799. The van der Waals surface area contributed by atoms with E-state index in [0.29, 0.717) is 5.56 Å². The number of rotatable bonds is 12. The summed E-state index contributed by atoms with van der Waals surface area (Å²) in [6.07, 6.45) is 4.91. The minimum atomic E-state index is -4.06. The molecule has 0 saturated heterocycles. The Morgan fingerprint density at radius 1 is 1.02 bits per heavy atom. The number of hydrogen-bond acceptors (Lipinski definition) is 6. The van der Waals surface area contributed by atoms with E-state index in [1.54, 1.807) is 6.92 Å². The molecule has 228 valence electrons. The second-order valence-corrected chi connectivity index (χ2v) is 13.7. The first-order valence-corrected chi connectivity index (χ1v) is 16.7. The molecule has 1 aliphatic rings. The van der Waals surface area contributed by atoms with Crippen molar-refractivity contribution in [2.75, 3.05) is 17.1 Å². The average molecular weight is 672 g/mol. The maximum Gasteiger partial charge on any atom is 0.271 e. The van der Waals surface area contributed by atoms with Gasteiger partial charge in [0.25, 0.3) is 5.69 Å². The molecule has 1 saturated carbocycles. The Morgan fingerprint density at radius 3 is 2.33 bits per heavy atom. The van der Waals surface area contributed by atoms with Crippen LogP contribution in [0, 0.1) is 17.0 Å². The molecule has 1 unspecified atom stereocenters. The van der Waals surface area contributed by atoms with Crippen LogP contribution in [0.5, 0.6) is 0 Å². The monoisotopic (exact) mass is 670 g/mol. The predicted molar refractivity (Wildman–Crippen MR) is 169 cm³/mol. The van der Waals surface area contributed by atoms with E-state index in [2.05, 4.69) is 21.2 Å². The SMILES string of the molecule is Cc1ccc([N+](=O)[O-])cc1N(CC(=O)N(Cc1cccc(Br)c1)C(Cc1ccccc1)C(=O)NC1CCCC1)S(C)(=O)=O. The van der Waals surface area contributed by atoms with E-state index in [1.807, 2.05) is 54.6 Å². The third-order valence-corrected chi connectivity index (χ3v) is 9.19. The molecule has 0 bridgehead atoms. The van der Waals surface area contributed by atoms with Gasteiger partial charge in [-0.15, -0.1) is 0 Å². The first-order valence-electron chi connectivity index (χ1n) is 14.0. The quantitative estimate of drug-likeness (QED) is 0.210. The van der Waals surface area contributed by atoms with E-state index in [4.69, 9.17) is 0 Å². The number of halogens is 1. The lowest BCUT2D eigenvalue weighted by Crippen LogP contribution is -2.54. The molecule has 12 heteroatoms. The fourth-order valence-corrected chi connectivity index (χ4v) is 6.67. The number of nitro benzene ring substituents is 1. The molecule has 1 fully saturated rings. The highest BCUT2D eigenvalue weighted by molar-refractivity contribution is 9.10. The number of anilines is 1. The molecule has 0 heterocycles. The van der Waals surface area contributed by atoms with Gasteiger partial charge in [-0.05, 0) is 48.6 Å². The summed E-state index contributed by atoms with van der Waals surface area (Å²) in [4.78, 5) is 40.5. The largest absolute Gasteiger partial charge is 0.352 e. The zero-order valence-corrected chi connectivity index (χ0v) is 26.5. The van der Waals surface area contributed by atoms with Gasteiger partial charge in [-0.1, -0.05) is 77.3 Å². The summed E-state index contributed by atoms with van der Waals surface area (Å²) in [5.41, 5.74) is 1.76. The summed E-state index contributed by atoms with van der Waals surface area (Å²) in [6.45, 7) is 1.02. The maximum absolute atomic E-state index is 14.3. The van der Waals surface area contributed by atoms with E-state index in [-0.39, 0.29) is 36.3 Å². The number of carbonyl (C=O) groups excluding carboxylic acids is 2. The molecular formula is C31H35BrN4O6S. The molecule has 10 nitrogen and oxygen atoms in total. The first-order chi connectivity index (χ1) is 20.4. The van der Waals surface area contributed by atoms with Crippen molar-refractivity contribution >= 4 is 49.1 Å². The van der Waals surface area contributed by atoms with Gasteiger partial charge < -0.3 is 10.2 Å². The van der Waals surface area contributed by atoms with Gasteiger partial charge in [-0.2, -0.15) is 0 Å². The molecule has 0 spiro atoms. The second kappa shape index (κ2) is 14.1. The van der Waals surface area contributed by atoms with Crippen molar-refractivity contribution in [2.45, 2.75) is 57.7 Å². The number of non-ortho nitro benzene ring substituents is 1. The number of nitro groups is 1. The minimum Gasteiger partial charge on any atom is -0.352 e. The zero-order valence-electron chi connectivity index (χ0n) is 24.1. The van der Waals surface area contributed by atoms with Crippen LogP contribution in [0.25, 0.3) is 0 Å². The van der Waals surface area contributed by atoms with Crippen molar-refractivity contribution in [3.8, 4) is 0 Å². The van der Waals surface area contributed by atoms with Gasteiger partial charge in [-0.25, -0.2) is 8.42 Å². The molecule has 0 aromatic heterocycles. The van der Waals surface area contributed by atoms with Crippen LogP contribution in [0.3, 0.4) is 0 Å². The molecule has 43 heavy (non-hydrogen) atoms. The summed E-state index contributed by atoms with van der Waals surface area (Å²) in [5, 5.41) is 14.6. The highest BCUT2D eigenvalue weighted by Gasteiger charge is 2.34. The van der Waals surface area contributed by atoms with Gasteiger partial charge in [0.15, 0.2) is 0 Å². The van der Waals surface area contributed by atoms with Crippen LogP contribution in [0.1, 0.15) is 42.4 Å². The second-order valence-electron chi connectivity index (χ2n) is 10.8.